The Labute approximate surface area is 134 Å². The average molecular weight is 403 g/mol. The van der Waals surface area contributed by atoms with Crippen molar-refractivity contribution in [2.75, 3.05) is 6.54 Å². The summed E-state index contributed by atoms with van der Waals surface area (Å²) in [6.07, 6.45) is 0. The molecule has 0 fully saturated rings. The van der Waals surface area contributed by atoms with Crippen molar-refractivity contribution in [2.24, 2.45) is 0 Å². The van der Waals surface area contributed by atoms with Crippen LogP contribution in [0.15, 0.2) is 45.3 Å². The van der Waals surface area contributed by atoms with Crippen molar-refractivity contribution in [1.29, 1.82) is 0 Å². The molecule has 2 rings (SSSR count). The monoisotopic (exact) mass is 401 g/mol. The van der Waals surface area contributed by atoms with Crippen LogP contribution in [-0.4, -0.2) is 6.54 Å². The van der Waals surface area contributed by atoms with Crippen molar-refractivity contribution in [3.63, 3.8) is 0 Å². The van der Waals surface area contributed by atoms with Crippen LogP contribution in [0.3, 0.4) is 0 Å². The van der Waals surface area contributed by atoms with Gasteiger partial charge in [0.1, 0.15) is 5.75 Å². The fourth-order valence-corrected chi connectivity index (χ4v) is 2.86. The molecule has 0 amide bonds. The quantitative estimate of drug-likeness (QED) is 0.737. The molecule has 0 aromatic heterocycles. The number of nitrogens with one attached hydrogen (secondary N) is 1. The molecule has 1 N–H and O–H groups in total. The Morgan fingerprint density at radius 3 is 2.70 bits per heavy atom. The van der Waals surface area contributed by atoms with Crippen molar-refractivity contribution in [2.45, 2.75) is 13.5 Å². The lowest BCUT2D eigenvalue weighted by Gasteiger charge is -2.13. The number of ether oxygens (including phenoxy) is 1. The number of rotatable bonds is 5. The molecule has 0 bridgehead atoms. The lowest BCUT2D eigenvalue weighted by atomic mass is 10.2. The van der Waals surface area contributed by atoms with E-state index in [9.17, 15) is 4.39 Å². The summed E-state index contributed by atoms with van der Waals surface area (Å²) >= 11 is 6.79. The third-order valence-corrected chi connectivity index (χ3v) is 3.83. The summed E-state index contributed by atoms with van der Waals surface area (Å²) in [5.74, 6) is 0.475. The first kappa shape index (κ1) is 15.5. The molecule has 0 aliphatic carbocycles. The highest BCUT2D eigenvalue weighted by atomic mass is 79.9. The van der Waals surface area contributed by atoms with Gasteiger partial charge in [0.2, 0.25) is 0 Å². The van der Waals surface area contributed by atoms with E-state index in [1.54, 1.807) is 12.1 Å². The molecule has 20 heavy (non-hydrogen) atoms. The molecule has 0 saturated carbocycles. The van der Waals surface area contributed by atoms with Gasteiger partial charge in [-0.15, -0.1) is 0 Å². The van der Waals surface area contributed by atoms with Gasteiger partial charge in [0.25, 0.3) is 0 Å². The van der Waals surface area contributed by atoms with Gasteiger partial charge in [-0.2, -0.15) is 0 Å². The first-order valence-corrected chi connectivity index (χ1v) is 7.81. The van der Waals surface area contributed by atoms with Crippen molar-refractivity contribution >= 4 is 31.9 Å². The number of benzene rings is 2. The van der Waals surface area contributed by atoms with Crippen LogP contribution in [0.5, 0.6) is 11.5 Å². The van der Waals surface area contributed by atoms with Crippen molar-refractivity contribution < 1.29 is 9.13 Å². The molecular weight excluding hydrogens is 389 g/mol. The van der Waals surface area contributed by atoms with E-state index in [0.717, 1.165) is 21.1 Å². The number of hydrogen-bond acceptors (Lipinski definition) is 2. The average Bonchev–Trinajstić information content (AvgIpc) is 2.42. The van der Waals surface area contributed by atoms with E-state index in [4.69, 9.17) is 4.74 Å². The van der Waals surface area contributed by atoms with Gasteiger partial charge < -0.3 is 10.1 Å². The van der Waals surface area contributed by atoms with Crippen LogP contribution >= 0.6 is 31.9 Å². The Morgan fingerprint density at radius 1 is 1.20 bits per heavy atom. The summed E-state index contributed by atoms with van der Waals surface area (Å²) in [4.78, 5) is 0. The second-order valence-corrected chi connectivity index (χ2v) is 5.96. The fraction of sp³-hybridized carbons (Fsp3) is 0.200. The summed E-state index contributed by atoms with van der Waals surface area (Å²) in [6, 6.07) is 10.4. The molecular formula is C15H14Br2FNO. The smallest absolute Gasteiger partial charge is 0.167 e. The SMILES string of the molecule is CCNCc1cccc(F)c1Oc1ccc(Br)cc1Br. The largest absolute Gasteiger partial charge is 0.453 e. The van der Waals surface area contributed by atoms with Gasteiger partial charge in [0.05, 0.1) is 4.47 Å². The highest BCUT2D eigenvalue weighted by molar-refractivity contribution is 9.11. The Balaban J connectivity index is 2.32. The Morgan fingerprint density at radius 2 is 2.00 bits per heavy atom. The minimum atomic E-state index is -0.366. The second-order valence-electron chi connectivity index (χ2n) is 4.19. The molecule has 0 radical (unpaired) electrons. The zero-order valence-electron chi connectivity index (χ0n) is 10.9. The van der Waals surface area contributed by atoms with Gasteiger partial charge in [0, 0.05) is 16.6 Å². The lowest BCUT2D eigenvalue weighted by molar-refractivity contribution is 0.431. The first-order chi connectivity index (χ1) is 9.61. The molecule has 2 nitrogen and oxygen atoms in total. The molecule has 0 spiro atoms. The Kier molecular flexibility index (Phi) is 5.57. The summed E-state index contributed by atoms with van der Waals surface area (Å²) in [5.41, 5.74) is 0.793. The molecule has 2 aromatic carbocycles. The molecule has 106 valence electrons. The first-order valence-electron chi connectivity index (χ1n) is 6.23. The van der Waals surface area contributed by atoms with Crippen LogP contribution in [0.4, 0.5) is 4.39 Å². The van der Waals surface area contributed by atoms with Crippen LogP contribution in [0.25, 0.3) is 0 Å². The summed E-state index contributed by atoms with van der Waals surface area (Å²) in [7, 11) is 0. The van der Waals surface area contributed by atoms with Gasteiger partial charge in [-0.1, -0.05) is 35.0 Å². The maximum absolute atomic E-state index is 14.0. The van der Waals surface area contributed by atoms with Crippen LogP contribution in [0.2, 0.25) is 0 Å². The van der Waals surface area contributed by atoms with E-state index in [1.165, 1.54) is 6.07 Å². The number of halogens is 3. The van der Waals surface area contributed by atoms with E-state index in [-0.39, 0.29) is 11.6 Å². The van der Waals surface area contributed by atoms with E-state index < -0.39 is 0 Å². The zero-order chi connectivity index (χ0) is 14.5. The van der Waals surface area contributed by atoms with Crippen molar-refractivity contribution in [3.8, 4) is 11.5 Å². The molecule has 2 aromatic rings. The molecule has 0 aliphatic rings. The molecule has 5 heteroatoms. The van der Waals surface area contributed by atoms with E-state index >= 15 is 0 Å². The normalized spacial score (nSPS) is 10.6. The molecule has 0 aliphatic heterocycles. The van der Waals surface area contributed by atoms with Crippen molar-refractivity contribution in [1.82, 2.24) is 5.32 Å². The maximum Gasteiger partial charge on any atom is 0.167 e. The zero-order valence-corrected chi connectivity index (χ0v) is 14.1. The molecule has 0 heterocycles. The third-order valence-electron chi connectivity index (χ3n) is 2.72. The van der Waals surface area contributed by atoms with E-state index in [1.807, 2.05) is 25.1 Å². The Bertz CT molecular complexity index is 604. The number of hydrogen-bond donors (Lipinski definition) is 1. The minimum Gasteiger partial charge on any atom is -0.453 e. The lowest BCUT2D eigenvalue weighted by Crippen LogP contribution is -2.12. The van der Waals surface area contributed by atoms with Gasteiger partial charge in [-0.05, 0) is 46.7 Å². The maximum atomic E-state index is 14.0. The second kappa shape index (κ2) is 7.20. The fourth-order valence-electron chi connectivity index (χ4n) is 1.73. The molecule has 0 unspecified atom stereocenters. The van der Waals surface area contributed by atoms with Gasteiger partial charge in [-0.25, -0.2) is 4.39 Å². The van der Waals surface area contributed by atoms with Crippen LogP contribution in [-0.2, 0) is 6.54 Å². The highest BCUT2D eigenvalue weighted by Crippen LogP contribution is 2.34. The summed E-state index contributed by atoms with van der Waals surface area (Å²) in [5, 5.41) is 3.18. The minimum absolute atomic E-state index is 0.261. The topological polar surface area (TPSA) is 21.3 Å². The van der Waals surface area contributed by atoms with E-state index in [2.05, 4.69) is 37.2 Å². The summed E-state index contributed by atoms with van der Waals surface area (Å²) < 4.78 is 21.4. The summed E-state index contributed by atoms with van der Waals surface area (Å²) in [6.45, 7) is 3.39. The highest BCUT2D eigenvalue weighted by Gasteiger charge is 2.12. The molecule has 0 saturated heterocycles. The van der Waals surface area contributed by atoms with Crippen LogP contribution < -0.4 is 10.1 Å². The van der Waals surface area contributed by atoms with Gasteiger partial charge >= 0.3 is 0 Å². The Hall–Kier alpha value is -0.910. The van der Waals surface area contributed by atoms with Crippen LogP contribution in [0, 0.1) is 5.82 Å². The standard InChI is InChI=1S/C15H14Br2FNO/c1-2-19-9-10-4-3-5-13(18)15(10)20-14-7-6-11(16)8-12(14)17/h3-8,19H,2,9H2,1H3. The van der Waals surface area contributed by atoms with Gasteiger partial charge in [-0.3, -0.25) is 0 Å². The number of para-hydroxylation sites is 1. The van der Waals surface area contributed by atoms with Gasteiger partial charge in [0.15, 0.2) is 11.6 Å². The van der Waals surface area contributed by atoms with Crippen LogP contribution in [0.1, 0.15) is 12.5 Å². The predicted octanol–water partition coefficient (Wildman–Crippen LogP) is 5.25. The molecule has 0 atom stereocenters. The predicted molar refractivity (Wildman–Crippen MR) is 85.7 cm³/mol. The van der Waals surface area contributed by atoms with Crippen molar-refractivity contribution in [3.05, 3.63) is 56.7 Å². The third kappa shape index (κ3) is 3.81. The van der Waals surface area contributed by atoms with E-state index in [0.29, 0.717) is 12.3 Å².